The molecule has 0 bridgehead atoms. The molecule has 1 N–H and O–H groups in total. The first kappa shape index (κ1) is 12.5. The van der Waals surface area contributed by atoms with Crippen molar-refractivity contribution >= 4 is 23.1 Å². The summed E-state index contributed by atoms with van der Waals surface area (Å²) in [4.78, 5) is 1.52. The molecule has 0 spiro atoms. The van der Waals surface area contributed by atoms with Crippen LogP contribution in [0, 0.1) is 5.92 Å². The van der Waals surface area contributed by atoms with Gasteiger partial charge in [0.25, 0.3) is 0 Å². The first-order valence-electron chi connectivity index (χ1n) is 6.18. The van der Waals surface area contributed by atoms with Gasteiger partial charge in [0.1, 0.15) is 0 Å². The maximum Gasteiger partial charge on any atom is 0.00828 e. The van der Waals surface area contributed by atoms with Gasteiger partial charge in [0.2, 0.25) is 0 Å². The van der Waals surface area contributed by atoms with E-state index >= 15 is 0 Å². The molecule has 0 saturated carbocycles. The van der Waals surface area contributed by atoms with E-state index in [0.717, 1.165) is 12.0 Å². The predicted octanol–water partition coefficient (Wildman–Crippen LogP) is 3.41. The highest BCUT2D eigenvalue weighted by Gasteiger charge is 2.14. The topological polar surface area (TPSA) is 12.0 Å². The van der Waals surface area contributed by atoms with Crippen LogP contribution in [0.4, 0.5) is 0 Å². The van der Waals surface area contributed by atoms with Crippen molar-refractivity contribution in [3.63, 3.8) is 0 Å². The van der Waals surface area contributed by atoms with Crippen molar-refractivity contribution in [3.8, 4) is 0 Å². The van der Waals surface area contributed by atoms with Crippen LogP contribution in [-0.4, -0.2) is 24.1 Å². The predicted molar refractivity (Wildman–Crippen MR) is 75.5 cm³/mol. The molecular formula is C13H21NS2. The number of thiophene rings is 1. The number of hydrogen-bond acceptors (Lipinski definition) is 3. The molecule has 1 atom stereocenters. The Morgan fingerprint density at radius 2 is 2.25 bits per heavy atom. The molecule has 0 aromatic carbocycles. The van der Waals surface area contributed by atoms with Crippen molar-refractivity contribution in [2.75, 3.05) is 18.1 Å². The van der Waals surface area contributed by atoms with Crippen LogP contribution >= 0.6 is 23.1 Å². The van der Waals surface area contributed by atoms with E-state index in [1.165, 1.54) is 42.2 Å². The van der Waals surface area contributed by atoms with Crippen LogP contribution in [-0.2, 0) is 6.42 Å². The highest BCUT2D eigenvalue weighted by molar-refractivity contribution is 7.99. The molecule has 3 heteroatoms. The van der Waals surface area contributed by atoms with E-state index in [2.05, 4.69) is 41.5 Å². The Labute approximate surface area is 107 Å². The Morgan fingerprint density at radius 3 is 2.94 bits per heavy atom. The van der Waals surface area contributed by atoms with Gasteiger partial charge < -0.3 is 5.32 Å². The molecule has 1 aliphatic rings. The summed E-state index contributed by atoms with van der Waals surface area (Å²) >= 11 is 3.98. The molecule has 1 aromatic heterocycles. The van der Waals surface area contributed by atoms with Crippen molar-refractivity contribution < 1.29 is 0 Å². The molecular weight excluding hydrogens is 234 g/mol. The standard InChI is InChI=1S/C13H21NS2/c1-11(9-13-3-2-6-16-13)10-14-12-4-7-15-8-5-12/h2-3,6,11-12,14H,4-5,7-10H2,1H3. The van der Waals surface area contributed by atoms with E-state index in [1.54, 1.807) is 0 Å². The monoisotopic (exact) mass is 255 g/mol. The van der Waals surface area contributed by atoms with E-state index < -0.39 is 0 Å². The summed E-state index contributed by atoms with van der Waals surface area (Å²) in [5.41, 5.74) is 0. The average molecular weight is 255 g/mol. The minimum Gasteiger partial charge on any atom is -0.314 e. The van der Waals surface area contributed by atoms with Crippen LogP contribution in [0.2, 0.25) is 0 Å². The second-order valence-corrected chi connectivity index (χ2v) is 6.94. The fourth-order valence-electron chi connectivity index (χ4n) is 2.11. The van der Waals surface area contributed by atoms with E-state index in [-0.39, 0.29) is 0 Å². The van der Waals surface area contributed by atoms with Crippen LogP contribution in [0.5, 0.6) is 0 Å². The summed E-state index contributed by atoms with van der Waals surface area (Å²) < 4.78 is 0. The van der Waals surface area contributed by atoms with Crippen molar-refractivity contribution in [1.82, 2.24) is 5.32 Å². The van der Waals surface area contributed by atoms with Crippen LogP contribution in [0.25, 0.3) is 0 Å². The summed E-state index contributed by atoms with van der Waals surface area (Å²) in [6.45, 7) is 3.53. The normalized spacial score (nSPS) is 19.8. The zero-order valence-corrected chi connectivity index (χ0v) is 11.6. The van der Waals surface area contributed by atoms with Gasteiger partial charge in [-0.3, -0.25) is 0 Å². The molecule has 0 amide bonds. The lowest BCUT2D eigenvalue weighted by atomic mass is 10.1. The highest BCUT2D eigenvalue weighted by Crippen LogP contribution is 2.18. The Hall–Kier alpha value is 0.01000. The molecule has 16 heavy (non-hydrogen) atoms. The Morgan fingerprint density at radius 1 is 1.44 bits per heavy atom. The van der Waals surface area contributed by atoms with E-state index in [1.807, 2.05) is 11.3 Å². The first-order chi connectivity index (χ1) is 7.84. The van der Waals surface area contributed by atoms with Crippen LogP contribution in [0.15, 0.2) is 17.5 Å². The summed E-state index contributed by atoms with van der Waals surface area (Å²) in [7, 11) is 0. The SMILES string of the molecule is CC(CNC1CCSCC1)Cc1cccs1. The van der Waals surface area contributed by atoms with Gasteiger partial charge >= 0.3 is 0 Å². The lowest BCUT2D eigenvalue weighted by molar-refractivity contribution is 0.426. The summed E-state index contributed by atoms with van der Waals surface area (Å²) in [6.07, 6.45) is 3.94. The number of nitrogens with one attached hydrogen (secondary N) is 1. The largest absolute Gasteiger partial charge is 0.314 e. The van der Waals surface area contributed by atoms with E-state index in [0.29, 0.717) is 0 Å². The number of thioether (sulfide) groups is 1. The minimum atomic E-state index is 0.758. The molecule has 2 heterocycles. The van der Waals surface area contributed by atoms with Gasteiger partial charge in [0, 0.05) is 10.9 Å². The summed E-state index contributed by atoms with van der Waals surface area (Å²) in [5.74, 6) is 3.45. The Kier molecular flexibility index (Phi) is 5.20. The van der Waals surface area contributed by atoms with Gasteiger partial charge in [-0.2, -0.15) is 11.8 Å². The zero-order valence-electron chi connectivity index (χ0n) is 9.95. The molecule has 1 aliphatic heterocycles. The van der Waals surface area contributed by atoms with Crippen molar-refractivity contribution in [2.24, 2.45) is 5.92 Å². The fourth-order valence-corrected chi connectivity index (χ4v) is 4.09. The Balaban J connectivity index is 1.65. The highest BCUT2D eigenvalue weighted by atomic mass is 32.2. The lowest BCUT2D eigenvalue weighted by Gasteiger charge is -2.24. The molecule has 1 saturated heterocycles. The maximum atomic E-state index is 3.73. The number of rotatable bonds is 5. The third-order valence-electron chi connectivity index (χ3n) is 3.11. The van der Waals surface area contributed by atoms with Crippen LogP contribution in [0.1, 0.15) is 24.6 Å². The van der Waals surface area contributed by atoms with Gasteiger partial charge in [0.15, 0.2) is 0 Å². The van der Waals surface area contributed by atoms with Gasteiger partial charge in [-0.25, -0.2) is 0 Å². The molecule has 1 unspecified atom stereocenters. The average Bonchev–Trinajstić information content (AvgIpc) is 2.81. The molecule has 1 nitrogen and oxygen atoms in total. The number of hydrogen-bond donors (Lipinski definition) is 1. The second-order valence-electron chi connectivity index (χ2n) is 4.68. The summed E-state index contributed by atoms with van der Waals surface area (Å²) in [6, 6.07) is 5.18. The van der Waals surface area contributed by atoms with E-state index in [4.69, 9.17) is 0 Å². The molecule has 2 rings (SSSR count). The van der Waals surface area contributed by atoms with Crippen molar-refractivity contribution in [3.05, 3.63) is 22.4 Å². The van der Waals surface area contributed by atoms with Crippen molar-refractivity contribution in [1.29, 1.82) is 0 Å². The van der Waals surface area contributed by atoms with Gasteiger partial charge in [0.05, 0.1) is 0 Å². The van der Waals surface area contributed by atoms with Gasteiger partial charge in [-0.1, -0.05) is 13.0 Å². The smallest absolute Gasteiger partial charge is 0.00828 e. The third kappa shape index (κ3) is 4.11. The van der Waals surface area contributed by atoms with Gasteiger partial charge in [-0.05, 0) is 54.7 Å². The maximum absolute atomic E-state index is 3.73. The van der Waals surface area contributed by atoms with Crippen LogP contribution < -0.4 is 5.32 Å². The fraction of sp³-hybridized carbons (Fsp3) is 0.692. The van der Waals surface area contributed by atoms with Crippen LogP contribution in [0.3, 0.4) is 0 Å². The van der Waals surface area contributed by atoms with Gasteiger partial charge in [-0.15, -0.1) is 11.3 Å². The molecule has 0 aliphatic carbocycles. The molecule has 1 fully saturated rings. The molecule has 0 radical (unpaired) electrons. The minimum absolute atomic E-state index is 0.758. The molecule has 90 valence electrons. The first-order valence-corrected chi connectivity index (χ1v) is 8.21. The zero-order chi connectivity index (χ0) is 11.2. The lowest BCUT2D eigenvalue weighted by Crippen LogP contribution is -2.35. The quantitative estimate of drug-likeness (QED) is 0.865. The third-order valence-corrected chi connectivity index (χ3v) is 5.05. The summed E-state index contributed by atoms with van der Waals surface area (Å²) in [5, 5.41) is 5.90. The second kappa shape index (κ2) is 6.67. The Bertz CT molecular complexity index is 278. The van der Waals surface area contributed by atoms with E-state index in [9.17, 15) is 0 Å². The van der Waals surface area contributed by atoms with Crippen molar-refractivity contribution in [2.45, 2.75) is 32.2 Å². The molecule has 1 aromatic rings.